The molecule has 0 spiro atoms. The molecule has 0 aromatic heterocycles. The monoisotopic (exact) mass is 189 g/mol. The first-order valence-corrected chi connectivity index (χ1v) is 5.50. The summed E-state index contributed by atoms with van der Waals surface area (Å²) in [5.74, 6) is 0. The molecule has 1 nitrogen and oxygen atoms in total. The van der Waals surface area contributed by atoms with Crippen molar-refractivity contribution in [2.24, 2.45) is 11.1 Å². The SMILES string of the molecule is CC.CC.CC(C)(C)CC(C)(C)N. The molecule has 0 bridgehead atoms. The summed E-state index contributed by atoms with van der Waals surface area (Å²) in [7, 11) is 0. The molecule has 2 N–H and O–H groups in total. The van der Waals surface area contributed by atoms with Crippen LogP contribution < -0.4 is 5.73 Å². The summed E-state index contributed by atoms with van der Waals surface area (Å²) in [4.78, 5) is 0. The van der Waals surface area contributed by atoms with E-state index in [1.165, 1.54) is 0 Å². The van der Waals surface area contributed by atoms with Crippen LogP contribution in [0.25, 0.3) is 0 Å². The summed E-state index contributed by atoms with van der Waals surface area (Å²) < 4.78 is 0. The Morgan fingerprint density at radius 3 is 1.00 bits per heavy atom. The van der Waals surface area contributed by atoms with Gasteiger partial charge in [-0.15, -0.1) is 0 Å². The highest BCUT2D eigenvalue weighted by Gasteiger charge is 2.20. The first kappa shape index (κ1) is 18.7. The minimum absolute atomic E-state index is 0.0156. The van der Waals surface area contributed by atoms with Crippen LogP contribution in [-0.4, -0.2) is 5.54 Å². The lowest BCUT2D eigenvalue weighted by molar-refractivity contribution is 0.286. The highest BCUT2D eigenvalue weighted by Crippen LogP contribution is 2.24. The fraction of sp³-hybridized carbons (Fsp3) is 1.00. The topological polar surface area (TPSA) is 26.0 Å². The third kappa shape index (κ3) is 33.4. The quantitative estimate of drug-likeness (QED) is 0.657. The van der Waals surface area contributed by atoms with Gasteiger partial charge in [0.2, 0.25) is 0 Å². The van der Waals surface area contributed by atoms with Gasteiger partial charge in [-0.25, -0.2) is 0 Å². The first-order chi connectivity index (χ1) is 5.71. The Kier molecular flexibility index (Phi) is 12.3. The average Bonchev–Trinajstić information content (AvgIpc) is 1.88. The second-order valence-corrected chi connectivity index (χ2v) is 4.73. The molecule has 0 aromatic rings. The lowest BCUT2D eigenvalue weighted by atomic mass is 9.82. The summed E-state index contributed by atoms with van der Waals surface area (Å²) >= 11 is 0. The van der Waals surface area contributed by atoms with Gasteiger partial charge in [0.05, 0.1) is 0 Å². The summed E-state index contributed by atoms with van der Waals surface area (Å²) in [5.41, 5.74) is 6.17. The second kappa shape index (κ2) is 8.55. The molecule has 84 valence electrons. The smallest absolute Gasteiger partial charge is 0.0102 e. The van der Waals surface area contributed by atoms with Crippen LogP contribution in [0.5, 0.6) is 0 Å². The number of hydrogen-bond donors (Lipinski definition) is 1. The van der Waals surface area contributed by atoms with Gasteiger partial charge in [0, 0.05) is 5.54 Å². The zero-order valence-corrected chi connectivity index (χ0v) is 11.3. The molecule has 0 heterocycles. The molecule has 0 fully saturated rings. The summed E-state index contributed by atoms with van der Waals surface area (Å²) in [6.45, 7) is 18.8. The van der Waals surface area contributed by atoms with Crippen LogP contribution in [0.4, 0.5) is 0 Å². The van der Waals surface area contributed by atoms with Gasteiger partial charge in [0.15, 0.2) is 0 Å². The molecule has 0 radical (unpaired) electrons. The van der Waals surface area contributed by atoms with Crippen molar-refractivity contribution < 1.29 is 0 Å². The molecule has 13 heavy (non-hydrogen) atoms. The van der Waals surface area contributed by atoms with Crippen LogP contribution >= 0.6 is 0 Å². The van der Waals surface area contributed by atoms with Crippen LogP contribution in [0.3, 0.4) is 0 Å². The van der Waals surface area contributed by atoms with E-state index in [9.17, 15) is 0 Å². The fourth-order valence-corrected chi connectivity index (χ4v) is 1.37. The molecule has 0 rings (SSSR count). The third-order valence-electron chi connectivity index (χ3n) is 0.986. The number of nitrogens with two attached hydrogens (primary N) is 1. The molecular formula is C12H31N. The maximum absolute atomic E-state index is 5.82. The predicted octanol–water partition coefficient (Wildman–Crippen LogP) is 4.21. The Morgan fingerprint density at radius 1 is 0.769 bits per heavy atom. The Bertz CT molecular complexity index is 70.3. The van der Waals surface area contributed by atoms with Crippen molar-refractivity contribution in [1.29, 1.82) is 0 Å². The highest BCUT2D eigenvalue weighted by atomic mass is 14.7. The molecule has 0 atom stereocenters. The van der Waals surface area contributed by atoms with Crippen molar-refractivity contribution in [3.05, 3.63) is 0 Å². The van der Waals surface area contributed by atoms with Gasteiger partial charge < -0.3 is 5.73 Å². The Morgan fingerprint density at radius 2 is 1.00 bits per heavy atom. The van der Waals surface area contributed by atoms with E-state index in [1.807, 2.05) is 27.7 Å². The molecule has 0 aliphatic carbocycles. The molecule has 0 amide bonds. The van der Waals surface area contributed by atoms with Gasteiger partial charge >= 0.3 is 0 Å². The highest BCUT2D eigenvalue weighted by molar-refractivity contribution is 4.78. The largest absolute Gasteiger partial charge is 0.326 e. The molecule has 0 aliphatic heterocycles. The molecule has 0 unspecified atom stereocenters. The van der Waals surface area contributed by atoms with E-state index in [1.54, 1.807) is 0 Å². The van der Waals surface area contributed by atoms with Gasteiger partial charge in [-0.1, -0.05) is 48.5 Å². The fourth-order valence-electron chi connectivity index (χ4n) is 1.37. The molecule has 0 aromatic carbocycles. The maximum atomic E-state index is 5.82. The average molecular weight is 189 g/mol. The van der Waals surface area contributed by atoms with E-state index in [4.69, 9.17) is 5.73 Å². The van der Waals surface area contributed by atoms with Gasteiger partial charge in [-0.2, -0.15) is 0 Å². The van der Waals surface area contributed by atoms with Crippen LogP contribution in [0.1, 0.15) is 68.7 Å². The zero-order valence-electron chi connectivity index (χ0n) is 11.3. The first-order valence-electron chi connectivity index (χ1n) is 5.50. The van der Waals surface area contributed by atoms with E-state index in [0.717, 1.165) is 6.42 Å². The van der Waals surface area contributed by atoms with Crippen LogP contribution in [0.2, 0.25) is 0 Å². The van der Waals surface area contributed by atoms with E-state index in [-0.39, 0.29) is 5.54 Å². The number of hydrogen-bond acceptors (Lipinski definition) is 1. The molecule has 0 saturated heterocycles. The predicted molar refractivity (Wildman–Crippen MR) is 65.0 cm³/mol. The molecule has 0 saturated carbocycles. The lowest BCUT2D eigenvalue weighted by Gasteiger charge is -2.28. The van der Waals surface area contributed by atoms with Gasteiger partial charge in [-0.3, -0.25) is 0 Å². The Hall–Kier alpha value is -0.0400. The van der Waals surface area contributed by atoms with Crippen molar-refractivity contribution >= 4 is 0 Å². The van der Waals surface area contributed by atoms with Crippen molar-refractivity contribution in [1.82, 2.24) is 0 Å². The van der Waals surface area contributed by atoms with Crippen LogP contribution in [0, 0.1) is 5.41 Å². The van der Waals surface area contributed by atoms with Crippen LogP contribution in [-0.2, 0) is 0 Å². The van der Waals surface area contributed by atoms with Crippen molar-refractivity contribution in [2.45, 2.75) is 74.3 Å². The number of rotatable bonds is 1. The Labute approximate surface area is 86.1 Å². The normalized spacial score (nSPS) is 10.6. The van der Waals surface area contributed by atoms with Gasteiger partial charge in [-0.05, 0) is 25.7 Å². The molecular weight excluding hydrogens is 158 g/mol. The van der Waals surface area contributed by atoms with E-state index < -0.39 is 0 Å². The standard InChI is InChI=1S/C8H19N.2C2H6/c1-7(2,3)6-8(4,5)9;2*1-2/h6,9H2,1-5H3;2*1-2H3. The van der Waals surface area contributed by atoms with Crippen LogP contribution in [0.15, 0.2) is 0 Å². The van der Waals surface area contributed by atoms with E-state index in [0.29, 0.717) is 5.41 Å². The second-order valence-electron chi connectivity index (χ2n) is 4.73. The minimum atomic E-state index is -0.0156. The zero-order chi connectivity index (χ0) is 11.7. The minimum Gasteiger partial charge on any atom is -0.326 e. The Balaban J connectivity index is -0.000000218. The van der Waals surface area contributed by atoms with Gasteiger partial charge in [0.25, 0.3) is 0 Å². The van der Waals surface area contributed by atoms with Crippen molar-refractivity contribution in [3.63, 3.8) is 0 Å². The van der Waals surface area contributed by atoms with Gasteiger partial charge in [0.1, 0.15) is 0 Å². The summed E-state index contributed by atoms with van der Waals surface area (Å²) in [6, 6.07) is 0. The lowest BCUT2D eigenvalue weighted by Crippen LogP contribution is -2.36. The van der Waals surface area contributed by atoms with Crippen molar-refractivity contribution in [3.8, 4) is 0 Å². The van der Waals surface area contributed by atoms with E-state index >= 15 is 0 Å². The summed E-state index contributed by atoms with van der Waals surface area (Å²) in [5, 5.41) is 0. The van der Waals surface area contributed by atoms with Crippen molar-refractivity contribution in [2.75, 3.05) is 0 Å². The molecule has 0 aliphatic rings. The van der Waals surface area contributed by atoms with E-state index in [2.05, 4.69) is 34.6 Å². The molecule has 1 heteroatoms. The maximum Gasteiger partial charge on any atom is 0.0102 e. The third-order valence-corrected chi connectivity index (χ3v) is 0.986. The summed E-state index contributed by atoms with van der Waals surface area (Å²) in [6.07, 6.45) is 1.07.